The molecule has 4 N–H and O–H groups in total. The Labute approximate surface area is 218 Å². The zero-order valence-corrected chi connectivity index (χ0v) is 21.0. The van der Waals surface area contributed by atoms with Crippen molar-refractivity contribution in [2.75, 3.05) is 51.3 Å². The summed E-state index contributed by atoms with van der Waals surface area (Å²) in [5.74, 6) is 10.4. The molecule has 0 radical (unpaired) electrons. The summed E-state index contributed by atoms with van der Waals surface area (Å²) in [7, 11) is 0. The van der Waals surface area contributed by atoms with E-state index >= 15 is 0 Å². The van der Waals surface area contributed by atoms with Gasteiger partial charge in [0.2, 0.25) is 0 Å². The lowest BCUT2D eigenvalue weighted by molar-refractivity contribution is -0.125. The Bertz CT molecular complexity index is 1150. The number of nitrogens with one attached hydrogen (secondary N) is 2. The third-order valence-electron chi connectivity index (χ3n) is 5.86. The first-order valence-electron chi connectivity index (χ1n) is 12.3. The van der Waals surface area contributed by atoms with Crippen LogP contribution in [-0.4, -0.2) is 84.9 Å². The molecule has 37 heavy (non-hydrogen) atoms. The second-order valence-corrected chi connectivity index (χ2v) is 8.71. The molecule has 3 rings (SSSR count). The number of hydrogen-bond acceptors (Lipinski definition) is 7. The van der Waals surface area contributed by atoms with Gasteiger partial charge in [0, 0.05) is 42.0 Å². The molecule has 1 aliphatic rings. The molecule has 0 spiro atoms. The first-order valence-corrected chi connectivity index (χ1v) is 12.3. The Morgan fingerprint density at radius 2 is 1.59 bits per heavy atom. The van der Waals surface area contributed by atoms with Gasteiger partial charge in [0.25, 0.3) is 5.91 Å². The molecule has 1 aliphatic heterocycles. The fourth-order valence-electron chi connectivity index (χ4n) is 3.74. The van der Waals surface area contributed by atoms with E-state index in [4.69, 9.17) is 9.84 Å². The molecular formula is C29H33N3O5. The van der Waals surface area contributed by atoms with Crippen molar-refractivity contribution in [3.8, 4) is 23.7 Å². The van der Waals surface area contributed by atoms with Crippen LogP contribution in [0.15, 0.2) is 48.5 Å². The summed E-state index contributed by atoms with van der Waals surface area (Å²) in [6.07, 6.45) is -0.0421. The van der Waals surface area contributed by atoms with Crippen LogP contribution in [-0.2, 0) is 9.53 Å². The third kappa shape index (κ3) is 9.38. The van der Waals surface area contributed by atoms with Crippen LogP contribution in [0.25, 0.3) is 0 Å². The molecule has 0 bridgehead atoms. The summed E-state index contributed by atoms with van der Waals surface area (Å²) in [6, 6.07) is 13.2. The van der Waals surface area contributed by atoms with Crippen LogP contribution in [0.5, 0.6) is 0 Å². The van der Waals surface area contributed by atoms with Gasteiger partial charge in [-0.05, 0) is 80.3 Å². The van der Waals surface area contributed by atoms with Crippen molar-refractivity contribution in [1.29, 1.82) is 0 Å². The largest absolute Gasteiger partial charge is 0.391 e. The number of rotatable bonds is 10. The molecule has 1 saturated heterocycles. The van der Waals surface area contributed by atoms with Gasteiger partial charge in [-0.2, -0.15) is 0 Å². The van der Waals surface area contributed by atoms with E-state index in [0.717, 1.165) is 57.1 Å². The highest BCUT2D eigenvalue weighted by Crippen LogP contribution is 2.09. The Morgan fingerprint density at radius 1 is 1.00 bits per heavy atom. The molecule has 2 aromatic rings. The number of carbonyl (C=O) groups is 2. The summed E-state index contributed by atoms with van der Waals surface area (Å²) in [5.41, 5.74) is 2.91. The maximum atomic E-state index is 12.3. The lowest BCUT2D eigenvalue weighted by atomic mass is 10.1. The molecule has 194 valence electrons. The summed E-state index contributed by atoms with van der Waals surface area (Å²) in [5, 5.41) is 24.5. The number of nitrogens with zero attached hydrogens (tertiary/aromatic N) is 1. The van der Waals surface area contributed by atoms with Crippen molar-refractivity contribution in [3.05, 3.63) is 65.2 Å². The highest BCUT2D eigenvalue weighted by Gasteiger charge is 2.25. The summed E-state index contributed by atoms with van der Waals surface area (Å²) in [4.78, 5) is 26.5. The number of ketones is 1. The molecule has 1 fully saturated rings. The van der Waals surface area contributed by atoms with Crippen molar-refractivity contribution in [2.24, 2.45) is 0 Å². The predicted octanol–water partition coefficient (Wildman–Crippen LogP) is 1.26. The quantitative estimate of drug-likeness (QED) is 0.285. The zero-order valence-electron chi connectivity index (χ0n) is 21.0. The fraction of sp³-hybridized carbons (Fsp3) is 0.379. The number of ether oxygens (including phenoxy) is 1. The topological polar surface area (TPSA) is 111 Å². The van der Waals surface area contributed by atoms with Gasteiger partial charge in [0.1, 0.15) is 12.6 Å². The van der Waals surface area contributed by atoms with E-state index in [9.17, 15) is 14.7 Å². The van der Waals surface area contributed by atoms with E-state index in [1.165, 1.54) is 6.92 Å². The molecular weight excluding hydrogens is 470 g/mol. The van der Waals surface area contributed by atoms with Crippen molar-refractivity contribution in [1.82, 2.24) is 10.2 Å². The number of Topliss-reactive ketones (excluding diaryl/α,β-unsaturated/α-hetero) is 1. The van der Waals surface area contributed by atoms with E-state index in [-0.39, 0.29) is 0 Å². The van der Waals surface area contributed by atoms with Crippen molar-refractivity contribution < 1.29 is 24.5 Å². The van der Waals surface area contributed by atoms with Crippen LogP contribution in [0.2, 0.25) is 0 Å². The number of aliphatic hydroxyl groups excluding tert-OH is 2. The van der Waals surface area contributed by atoms with Crippen LogP contribution in [0.4, 0.5) is 5.69 Å². The summed E-state index contributed by atoms with van der Waals surface area (Å²) in [6.45, 7) is 6.28. The average molecular weight is 504 g/mol. The first kappa shape index (κ1) is 27.9. The van der Waals surface area contributed by atoms with Crippen molar-refractivity contribution >= 4 is 17.4 Å². The van der Waals surface area contributed by atoms with Crippen LogP contribution < -0.4 is 10.6 Å². The Balaban J connectivity index is 1.45. The molecule has 0 aliphatic carbocycles. The maximum Gasteiger partial charge on any atom is 0.251 e. The Kier molecular flexibility index (Phi) is 11.2. The Hall–Kier alpha value is -3.66. The van der Waals surface area contributed by atoms with Gasteiger partial charge in [-0.1, -0.05) is 11.8 Å². The van der Waals surface area contributed by atoms with Gasteiger partial charge >= 0.3 is 0 Å². The highest BCUT2D eigenvalue weighted by molar-refractivity contribution is 5.98. The molecule has 1 heterocycles. The number of carbonyl (C=O) groups excluding carboxylic acids is 2. The maximum absolute atomic E-state index is 12.3. The number of morpholine rings is 1. The van der Waals surface area contributed by atoms with E-state index in [0.29, 0.717) is 11.1 Å². The SMILES string of the molecule is C[C@@H](O)[C@H](NC(=O)c1ccc(C#CC#Cc2ccc(NCCCN3CCOCC3)cc2)cc1)C(=O)CO. The van der Waals surface area contributed by atoms with Gasteiger partial charge < -0.3 is 25.6 Å². The summed E-state index contributed by atoms with van der Waals surface area (Å²) >= 11 is 0. The lowest BCUT2D eigenvalue weighted by Gasteiger charge is -2.26. The minimum absolute atomic E-state index is 0.308. The molecule has 8 nitrogen and oxygen atoms in total. The van der Waals surface area contributed by atoms with E-state index in [1.807, 2.05) is 24.3 Å². The predicted molar refractivity (Wildman–Crippen MR) is 142 cm³/mol. The minimum atomic E-state index is -1.17. The van der Waals surface area contributed by atoms with Crippen LogP contribution >= 0.6 is 0 Å². The van der Waals surface area contributed by atoms with Gasteiger partial charge in [-0.15, -0.1) is 0 Å². The van der Waals surface area contributed by atoms with Crippen molar-refractivity contribution in [3.63, 3.8) is 0 Å². The van der Waals surface area contributed by atoms with Gasteiger partial charge in [-0.25, -0.2) is 0 Å². The van der Waals surface area contributed by atoms with Gasteiger partial charge in [0.15, 0.2) is 5.78 Å². The second kappa shape index (κ2) is 14.8. The Morgan fingerprint density at radius 3 is 2.16 bits per heavy atom. The molecule has 1 amide bonds. The van der Waals surface area contributed by atoms with E-state index < -0.39 is 30.4 Å². The summed E-state index contributed by atoms with van der Waals surface area (Å²) < 4.78 is 5.37. The smallest absolute Gasteiger partial charge is 0.251 e. The van der Waals surface area contributed by atoms with Gasteiger partial charge in [0.05, 0.1) is 19.3 Å². The normalized spacial score (nSPS) is 14.8. The number of anilines is 1. The van der Waals surface area contributed by atoms with Gasteiger partial charge in [-0.3, -0.25) is 14.5 Å². The van der Waals surface area contributed by atoms with Crippen molar-refractivity contribution in [2.45, 2.75) is 25.5 Å². The van der Waals surface area contributed by atoms with Crippen LogP contribution in [0.3, 0.4) is 0 Å². The third-order valence-corrected chi connectivity index (χ3v) is 5.86. The molecule has 2 atom stereocenters. The second-order valence-electron chi connectivity index (χ2n) is 8.71. The monoisotopic (exact) mass is 503 g/mol. The number of hydrogen-bond donors (Lipinski definition) is 4. The van der Waals surface area contributed by atoms with E-state index in [2.05, 4.69) is 39.2 Å². The average Bonchev–Trinajstić information content (AvgIpc) is 2.93. The number of benzene rings is 2. The molecule has 2 aromatic carbocycles. The standard InChI is InChI=1S/C29H33N3O5/c1-22(34)28(27(35)21-33)31-29(36)25-11-7-23(8-12-25)5-2-3-6-24-9-13-26(14-10-24)30-15-4-16-32-17-19-37-20-18-32/h7-14,22,28,30,33-34H,4,15-21H2,1H3,(H,31,36)/t22-,28+/m1/s1. The highest BCUT2D eigenvalue weighted by atomic mass is 16.5. The first-order chi connectivity index (χ1) is 18.0. The molecule has 8 heteroatoms. The van der Waals surface area contributed by atoms with Crippen LogP contribution in [0.1, 0.15) is 34.8 Å². The fourth-order valence-corrected chi connectivity index (χ4v) is 3.74. The van der Waals surface area contributed by atoms with E-state index in [1.54, 1.807) is 24.3 Å². The molecule has 0 saturated carbocycles. The molecule has 0 unspecified atom stereocenters. The molecule has 0 aromatic heterocycles. The number of aliphatic hydroxyl groups is 2. The zero-order chi connectivity index (χ0) is 26.5. The van der Waals surface area contributed by atoms with Crippen LogP contribution in [0, 0.1) is 23.7 Å². The minimum Gasteiger partial charge on any atom is -0.391 e. The lowest BCUT2D eigenvalue weighted by Crippen LogP contribution is -2.48. The number of amides is 1.